The van der Waals surface area contributed by atoms with E-state index in [9.17, 15) is 4.79 Å². The molecule has 3 N–H and O–H groups in total. The molecule has 1 fully saturated rings. The third-order valence-corrected chi connectivity index (χ3v) is 5.51. The van der Waals surface area contributed by atoms with Crippen molar-refractivity contribution in [2.75, 3.05) is 31.6 Å². The van der Waals surface area contributed by atoms with Gasteiger partial charge >= 0.3 is 6.03 Å². The SMILES string of the molecule is Cc1cccc(NC(=O)N[C@@H](C)[C@@H](c2cccs2)[NH+]2CCOCC2)c1. The molecule has 0 aliphatic carbocycles. The summed E-state index contributed by atoms with van der Waals surface area (Å²) in [7, 11) is 0. The van der Waals surface area contributed by atoms with Crippen LogP contribution in [0.2, 0.25) is 0 Å². The Hall–Kier alpha value is -1.89. The third-order valence-electron chi connectivity index (χ3n) is 4.56. The van der Waals surface area contributed by atoms with Gasteiger partial charge in [0.15, 0.2) is 0 Å². The lowest BCUT2D eigenvalue weighted by molar-refractivity contribution is -0.939. The second kappa shape index (κ2) is 8.47. The Balaban J connectivity index is 1.67. The number of carbonyl (C=O) groups excluding carboxylic acids is 1. The Kier molecular flexibility index (Phi) is 6.07. The molecule has 0 unspecified atom stereocenters. The Morgan fingerprint density at radius 2 is 2.04 bits per heavy atom. The molecule has 25 heavy (non-hydrogen) atoms. The first kappa shape index (κ1) is 17.9. The fraction of sp³-hybridized carbons (Fsp3) is 0.421. The number of nitrogens with one attached hydrogen (secondary N) is 3. The molecule has 1 saturated heterocycles. The lowest BCUT2D eigenvalue weighted by Crippen LogP contribution is -3.15. The van der Waals surface area contributed by atoms with Gasteiger partial charge in [-0.3, -0.25) is 0 Å². The molecular weight excluding hydrogens is 334 g/mol. The molecule has 1 aliphatic heterocycles. The van der Waals surface area contributed by atoms with Gasteiger partial charge in [-0.05, 0) is 43.0 Å². The minimum atomic E-state index is -0.160. The molecule has 1 aromatic heterocycles. The zero-order chi connectivity index (χ0) is 17.6. The molecule has 2 amide bonds. The maximum atomic E-state index is 12.4. The van der Waals surface area contributed by atoms with Crippen LogP contribution in [0.15, 0.2) is 41.8 Å². The molecule has 0 saturated carbocycles. The van der Waals surface area contributed by atoms with Crippen molar-refractivity contribution in [3.8, 4) is 0 Å². The Bertz CT molecular complexity index is 684. The number of quaternary nitrogens is 1. The maximum absolute atomic E-state index is 12.4. The van der Waals surface area contributed by atoms with Gasteiger partial charge in [-0.1, -0.05) is 18.2 Å². The smallest absolute Gasteiger partial charge is 0.319 e. The highest BCUT2D eigenvalue weighted by Gasteiger charge is 2.33. The van der Waals surface area contributed by atoms with Crippen molar-refractivity contribution in [3.63, 3.8) is 0 Å². The summed E-state index contributed by atoms with van der Waals surface area (Å²) in [5.74, 6) is 0. The first-order valence-corrected chi connectivity index (χ1v) is 9.61. The van der Waals surface area contributed by atoms with E-state index in [2.05, 4.69) is 35.1 Å². The quantitative estimate of drug-likeness (QED) is 0.766. The molecule has 2 aromatic rings. The van der Waals surface area contributed by atoms with Crippen LogP contribution in [-0.4, -0.2) is 38.4 Å². The van der Waals surface area contributed by atoms with Crippen LogP contribution < -0.4 is 15.5 Å². The molecule has 6 heteroatoms. The normalized spacial score (nSPS) is 17.7. The van der Waals surface area contributed by atoms with Gasteiger partial charge < -0.3 is 20.3 Å². The van der Waals surface area contributed by atoms with E-state index in [1.807, 2.05) is 31.2 Å². The summed E-state index contributed by atoms with van der Waals surface area (Å²) in [5.41, 5.74) is 1.94. The third kappa shape index (κ3) is 4.81. The van der Waals surface area contributed by atoms with Crippen molar-refractivity contribution in [3.05, 3.63) is 52.2 Å². The van der Waals surface area contributed by atoms with Gasteiger partial charge in [-0.25, -0.2) is 4.79 Å². The van der Waals surface area contributed by atoms with E-state index in [-0.39, 0.29) is 18.1 Å². The summed E-state index contributed by atoms with van der Waals surface area (Å²) in [5, 5.41) is 8.16. The van der Waals surface area contributed by atoms with Gasteiger partial charge in [0.1, 0.15) is 19.1 Å². The topological polar surface area (TPSA) is 54.8 Å². The summed E-state index contributed by atoms with van der Waals surface area (Å²) >= 11 is 1.75. The molecule has 1 aromatic carbocycles. The summed E-state index contributed by atoms with van der Waals surface area (Å²) in [4.78, 5) is 15.2. The highest BCUT2D eigenvalue weighted by atomic mass is 32.1. The minimum absolute atomic E-state index is 0.0246. The fourth-order valence-corrected chi connectivity index (χ4v) is 4.38. The Morgan fingerprint density at radius 1 is 1.24 bits per heavy atom. The number of carbonyl (C=O) groups is 1. The number of thiophene rings is 1. The zero-order valence-electron chi connectivity index (χ0n) is 14.7. The lowest BCUT2D eigenvalue weighted by atomic mass is 10.1. The summed E-state index contributed by atoms with van der Waals surface area (Å²) in [6.07, 6.45) is 0. The van der Waals surface area contributed by atoms with E-state index >= 15 is 0 Å². The van der Waals surface area contributed by atoms with E-state index in [1.54, 1.807) is 11.3 Å². The van der Waals surface area contributed by atoms with Crippen LogP contribution in [0.3, 0.4) is 0 Å². The van der Waals surface area contributed by atoms with E-state index in [1.165, 1.54) is 9.78 Å². The van der Waals surface area contributed by atoms with E-state index in [0.717, 1.165) is 37.6 Å². The van der Waals surface area contributed by atoms with Gasteiger partial charge in [-0.2, -0.15) is 0 Å². The van der Waals surface area contributed by atoms with Crippen molar-refractivity contribution in [1.82, 2.24) is 5.32 Å². The highest BCUT2D eigenvalue weighted by Crippen LogP contribution is 2.20. The molecule has 5 nitrogen and oxygen atoms in total. The number of hydrogen-bond acceptors (Lipinski definition) is 3. The molecular formula is C19H26N3O2S+. The predicted octanol–water partition coefficient (Wildman–Crippen LogP) is 2.22. The van der Waals surface area contributed by atoms with Crippen LogP contribution in [-0.2, 0) is 4.74 Å². The van der Waals surface area contributed by atoms with E-state index < -0.39 is 0 Å². The van der Waals surface area contributed by atoms with E-state index in [0.29, 0.717) is 0 Å². The monoisotopic (exact) mass is 360 g/mol. The fourth-order valence-electron chi connectivity index (χ4n) is 3.39. The van der Waals surface area contributed by atoms with Crippen molar-refractivity contribution < 1.29 is 14.4 Å². The number of urea groups is 1. The van der Waals surface area contributed by atoms with Gasteiger partial charge in [0.2, 0.25) is 0 Å². The van der Waals surface area contributed by atoms with Gasteiger partial charge in [-0.15, -0.1) is 11.3 Å². The number of morpholine rings is 1. The van der Waals surface area contributed by atoms with Crippen LogP contribution in [0.1, 0.15) is 23.4 Å². The molecule has 0 spiro atoms. The number of aryl methyl sites for hydroxylation is 1. The zero-order valence-corrected chi connectivity index (χ0v) is 15.6. The number of benzene rings is 1. The van der Waals surface area contributed by atoms with Crippen molar-refractivity contribution >= 4 is 23.1 Å². The number of anilines is 1. The minimum Gasteiger partial charge on any atom is -0.370 e. The maximum Gasteiger partial charge on any atom is 0.319 e. The van der Waals surface area contributed by atoms with Gasteiger partial charge in [0, 0.05) is 5.69 Å². The molecule has 2 atom stereocenters. The Morgan fingerprint density at radius 3 is 2.72 bits per heavy atom. The van der Waals surface area contributed by atoms with Crippen molar-refractivity contribution in [2.45, 2.75) is 25.9 Å². The Labute approximate surface area is 153 Å². The summed E-state index contributed by atoms with van der Waals surface area (Å²) in [6, 6.07) is 12.2. The predicted molar refractivity (Wildman–Crippen MR) is 101 cm³/mol. The average molecular weight is 361 g/mol. The molecule has 134 valence electrons. The van der Waals surface area contributed by atoms with Crippen LogP contribution in [0.25, 0.3) is 0 Å². The van der Waals surface area contributed by atoms with Crippen LogP contribution >= 0.6 is 11.3 Å². The van der Waals surface area contributed by atoms with Crippen LogP contribution in [0, 0.1) is 6.92 Å². The molecule has 3 rings (SSSR count). The largest absolute Gasteiger partial charge is 0.370 e. The molecule has 2 heterocycles. The van der Waals surface area contributed by atoms with Crippen molar-refractivity contribution in [2.24, 2.45) is 0 Å². The molecule has 1 aliphatic rings. The standard InChI is InChI=1S/C19H25N3O2S/c1-14-5-3-6-16(13-14)21-19(23)20-15(2)18(17-7-4-12-25-17)22-8-10-24-11-9-22/h3-7,12-13,15,18H,8-11H2,1-2H3,(H2,20,21,23)/p+1/t15-,18-/m0/s1. The van der Waals surface area contributed by atoms with E-state index in [4.69, 9.17) is 4.74 Å². The van der Waals surface area contributed by atoms with Gasteiger partial charge in [0.05, 0.1) is 24.1 Å². The number of amides is 2. The van der Waals surface area contributed by atoms with Gasteiger partial charge in [0.25, 0.3) is 0 Å². The molecule has 0 bridgehead atoms. The molecule has 0 radical (unpaired) electrons. The summed E-state index contributed by atoms with van der Waals surface area (Å²) in [6.45, 7) is 7.59. The second-order valence-corrected chi connectivity index (χ2v) is 7.50. The summed E-state index contributed by atoms with van der Waals surface area (Å²) < 4.78 is 5.50. The van der Waals surface area contributed by atoms with Crippen LogP contribution in [0.4, 0.5) is 10.5 Å². The first-order valence-electron chi connectivity index (χ1n) is 8.73. The number of hydrogen-bond donors (Lipinski definition) is 3. The number of ether oxygens (including phenoxy) is 1. The lowest BCUT2D eigenvalue weighted by Gasteiger charge is -2.34. The van der Waals surface area contributed by atoms with Crippen molar-refractivity contribution in [1.29, 1.82) is 0 Å². The first-order chi connectivity index (χ1) is 12.1. The average Bonchev–Trinajstić information content (AvgIpc) is 3.10. The van der Waals surface area contributed by atoms with Crippen LogP contribution in [0.5, 0.6) is 0 Å². The number of rotatable bonds is 5. The second-order valence-electron chi connectivity index (χ2n) is 6.52. The highest BCUT2D eigenvalue weighted by molar-refractivity contribution is 7.10.